The minimum Gasteiger partial charge on any atom is -0.508 e. The number of amides is 10. The largest absolute Gasteiger partial charge is 0.508 e. The summed E-state index contributed by atoms with van der Waals surface area (Å²) in [5, 5.41) is 58.4. The molecule has 4 heterocycles. The fourth-order valence-electron chi connectivity index (χ4n) is 11.6. The number of nitrogens with two attached hydrogens (primary N) is 1. The first kappa shape index (κ1) is 69.5. The van der Waals surface area contributed by atoms with Gasteiger partial charge in [0.1, 0.15) is 60.1 Å². The number of aromatic amines is 2. The molecule has 10 amide bonds. The van der Waals surface area contributed by atoms with E-state index in [0.717, 1.165) is 10.8 Å². The molecule has 4 aromatic carbocycles. The molecule has 0 bridgehead atoms. The minimum atomic E-state index is -1.78. The molecule has 2 aliphatic rings. The van der Waals surface area contributed by atoms with E-state index in [9.17, 15) is 48.6 Å². The molecule has 9 atom stereocenters. The van der Waals surface area contributed by atoms with Gasteiger partial charge >= 0.3 is 0 Å². The first-order chi connectivity index (χ1) is 45.2. The third-order valence-electron chi connectivity index (χ3n) is 16.5. The number of aromatic nitrogens is 3. The van der Waals surface area contributed by atoms with Gasteiger partial charge in [-0.2, -0.15) is 0 Å². The number of aromatic hydroxyl groups is 1. The summed E-state index contributed by atoms with van der Waals surface area (Å²) in [6, 6.07) is 14.1. The number of phenols is 1. The van der Waals surface area contributed by atoms with E-state index in [0.29, 0.717) is 52.7 Å². The number of likely N-dealkylation sites (tertiary alicyclic amines) is 1. The monoisotopic (exact) mass is 1290 g/mol. The molecule has 0 saturated carbocycles. The summed E-state index contributed by atoms with van der Waals surface area (Å²) in [6.45, 7) is 5.21. The van der Waals surface area contributed by atoms with Crippen molar-refractivity contribution in [1.82, 2.24) is 73.0 Å². The molecule has 28 nitrogen and oxygen atoms in total. The van der Waals surface area contributed by atoms with Gasteiger partial charge in [0, 0.05) is 75.0 Å². The summed E-state index contributed by atoms with van der Waals surface area (Å²) < 4.78 is 0. The van der Waals surface area contributed by atoms with E-state index in [2.05, 4.69) is 68.1 Å². The number of likely N-dealkylation sites (N-methyl/N-ethyl adjacent to an activating group) is 1. The minimum absolute atomic E-state index is 0.0654. The van der Waals surface area contributed by atoms with Gasteiger partial charge in [0.2, 0.25) is 59.1 Å². The van der Waals surface area contributed by atoms with Crippen molar-refractivity contribution < 1.29 is 58.2 Å². The topological polar surface area (TPSA) is 429 Å². The lowest BCUT2D eigenvalue weighted by Gasteiger charge is -2.31. The molecule has 2 saturated heterocycles. The number of carbonyl (C=O) groups is 10. The predicted molar refractivity (Wildman–Crippen MR) is 348 cm³/mol. The van der Waals surface area contributed by atoms with E-state index < -0.39 is 108 Å². The average Bonchev–Trinajstić information content (AvgIpc) is 1.46. The summed E-state index contributed by atoms with van der Waals surface area (Å²) in [7, 11) is 0. The van der Waals surface area contributed by atoms with E-state index in [-0.39, 0.29) is 100 Å². The second-order valence-corrected chi connectivity index (χ2v) is 24.1. The quantitative estimate of drug-likeness (QED) is 0.0152. The molecule has 2 aliphatic heterocycles. The number of rotatable bonds is 32. The maximum Gasteiger partial charge on any atom is 0.245 e. The third-order valence-corrected chi connectivity index (χ3v) is 16.5. The van der Waals surface area contributed by atoms with Crippen molar-refractivity contribution in [3.05, 3.63) is 132 Å². The number of nitrogens with zero attached hydrogens (tertiary/aromatic N) is 2. The van der Waals surface area contributed by atoms with Crippen LogP contribution in [0.5, 0.6) is 5.75 Å². The van der Waals surface area contributed by atoms with Gasteiger partial charge in [0.05, 0.1) is 18.6 Å². The van der Waals surface area contributed by atoms with Gasteiger partial charge in [-0.05, 0) is 97.0 Å². The molecule has 0 spiro atoms. The van der Waals surface area contributed by atoms with Crippen LogP contribution in [0.25, 0.3) is 21.7 Å². The molecule has 8 rings (SSSR count). The Kier molecular flexibility index (Phi) is 24.6. The van der Waals surface area contributed by atoms with Crippen molar-refractivity contribution in [2.24, 2.45) is 11.7 Å². The maximum absolute atomic E-state index is 15.1. The summed E-state index contributed by atoms with van der Waals surface area (Å²) in [6.07, 6.45) is 5.50. The van der Waals surface area contributed by atoms with Crippen LogP contribution in [0.3, 0.4) is 0 Å². The van der Waals surface area contributed by atoms with Gasteiger partial charge in [-0.25, -0.2) is 4.98 Å². The Morgan fingerprint density at radius 3 is 1.90 bits per heavy atom. The zero-order chi connectivity index (χ0) is 67.4. The van der Waals surface area contributed by atoms with E-state index in [1.165, 1.54) is 41.7 Å². The highest BCUT2D eigenvalue weighted by Crippen LogP contribution is 2.23. The molecule has 0 aliphatic carbocycles. The van der Waals surface area contributed by atoms with E-state index in [1.54, 1.807) is 37.4 Å². The second-order valence-electron chi connectivity index (χ2n) is 24.1. The summed E-state index contributed by atoms with van der Waals surface area (Å²) in [5.41, 5.74) is 8.22. The Hall–Kier alpha value is -10.4. The van der Waals surface area contributed by atoms with Crippen LogP contribution in [0.2, 0.25) is 0 Å². The van der Waals surface area contributed by atoms with Gasteiger partial charge < -0.3 is 84.0 Å². The Morgan fingerprint density at radius 2 is 1.27 bits per heavy atom. The van der Waals surface area contributed by atoms with Crippen LogP contribution in [0.15, 0.2) is 110 Å². The average molecular weight is 1290 g/mol. The molecule has 2 fully saturated rings. The Balaban J connectivity index is 1.06. The molecule has 0 unspecified atom stereocenters. The molecule has 28 heteroatoms. The van der Waals surface area contributed by atoms with Crippen LogP contribution in [0, 0.1) is 11.3 Å². The van der Waals surface area contributed by atoms with Crippen molar-refractivity contribution in [3.8, 4) is 5.75 Å². The lowest BCUT2D eigenvalue weighted by atomic mass is 9.98. The number of aliphatic hydroxyl groups excluding tert-OH is 1. The number of phenolic OH excluding ortho intramolecular Hbond substituents is 1. The molecule has 0 radical (unpaired) electrons. The Bertz CT molecular complexity index is 3670. The highest BCUT2D eigenvalue weighted by molar-refractivity contribution is 6.00. The van der Waals surface area contributed by atoms with Crippen molar-refractivity contribution in [2.45, 2.75) is 146 Å². The first-order valence-electron chi connectivity index (χ1n) is 31.6. The second kappa shape index (κ2) is 33.3. The normalized spacial score (nSPS) is 16.7. The van der Waals surface area contributed by atoms with Gasteiger partial charge in [-0.1, -0.05) is 86.6 Å². The van der Waals surface area contributed by atoms with Crippen molar-refractivity contribution in [2.75, 3.05) is 26.2 Å². The number of nitrogens with one attached hydrogen (secondary N) is 13. The molecular weight excluding hydrogens is 1210 g/mol. The summed E-state index contributed by atoms with van der Waals surface area (Å²) in [4.78, 5) is 153. The number of benzene rings is 4. The lowest BCUT2D eigenvalue weighted by Crippen LogP contribution is -2.61. The number of para-hydroxylation sites is 1. The standard InChI is InChI=1S/C66H84N16O12/c1-4-70-64(93)55-16-10-26-82(55)65(94)48(15-9-25-71-66(67)68)75-58(87)49(27-37(2)3)76-60(89)51(30-39-17-20-40-11-5-6-12-41(40)28-39)77-59(88)50(29-38-18-21-44(84)22-19-38)78-63(92)54(35-83)81-61(90)52(31-42-33-72-46-14-8-7-13-45(42)46)79-62(91)53(32-43-34-69-36-73-43)80-57(86)47-23-24-56(85)74-47/h5-8,11-14,17-22,28,33-34,36-37,47-55,72,83-84H,4,9-10,15-16,23-27,29-32,35H2,1-3H3,(H,69,73)(H,70,93)(H,74,85)(H,75,87)(H,76,89)(H,77,88)(H,78,92)(H,79,91)(H,80,86)(H,81,90)(H4,67,68,71)/t47-,48-,49-,50-,51+,52-,53-,54-,55-/m0/s1. The predicted octanol–water partition coefficient (Wildman–Crippen LogP) is 0.121. The van der Waals surface area contributed by atoms with Crippen molar-refractivity contribution in [1.29, 1.82) is 5.41 Å². The van der Waals surface area contributed by atoms with Gasteiger partial charge in [-0.3, -0.25) is 53.4 Å². The lowest BCUT2D eigenvalue weighted by molar-refractivity contribution is -0.142. The Morgan fingerprint density at radius 1 is 0.670 bits per heavy atom. The molecular formula is C66H84N16O12. The molecule has 2 aromatic heterocycles. The molecule has 6 aromatic rings. The van der Waals surface area contributed by atoms with Crippen LogP contribution in [-0.2, 0) is 73.6 Å². The highest BCUT2D eigenvalue weighted by Gasteiger charge is 2.40. The number of guanidine groups is 1. The van der Waals surface area contributed by atoms with E-state index in [4.69, 9.17) is 11.1 Å². The molecule has 17 N–H and O–H groups in total. The fraction of sp³-hybridized carbons (Fsp3) is 0.424. The van der Waals surface area contributed by atoms with Crippen LogP contribution in [-0.4, -0.2) is 176 Å². The van der Waals surface area contributed by atoms with Crippen LogP contribution in [0.1, 0.15) is 88.1 Å². The van der Waals surface area contributed by atoms with Gasteiger partial charge in [0.25, 0.3) is 0 Å². The zero-order valence-corrected chi connectivity index (χ0v) is 52.7. The van der Waals surface area contributed by atoms with E-state index >= 15 is 9.59 Å². The number of aliphatic hydroxyl groups is 1. The number of hydrogen-bond donors (Lipinski definition) is 16. The van der Waals surface area contributed by atoms with Crippen LogP contribution < -0.4 is 58.9 Å². The van der Waals surface area contributed by atoms with Gasteiger partial charge in [-0.15, -0.1) is 0 Å². The smallest absolute Gasteiger partial charge is 0.245 e. The number of carbonyl (C=O) groups excluding carboxylic acids is 10. The van der Waals surface area contributed by atoms with Crippen LogP contribution >= 0.6 is 0 Å². The van der Waals surface area contributed by atoms with Crippen LogP contribution in [0.4, 0.5) is 0 Å². The summed E-state index contributed by atoms with van der Waals surface area (Å²) in [5.74, 6) is -7.71. The zero-order valence-electron chi connectivity index (χ0n) is 52.7. The number of hydrogen-bond acceptors (Lipinski definition) is 14. The van der Waals surface area contributed by atoms with Crippen molar-refractivity contribution in [3.63, 3.8) is 0 Å². The highest BCUT2D eigenvalue weighted by atomic mass is 16.3. The van der Waals surface area contributed by atoms with Gasteiger partial charge in [0.15, 0.2) is 5.96 Å². The van der Waals surface area contributed by atoms with Crippen molar-refractivity contribution >= 4 is 86.7 Å². The third kappa shape index (κ3) is 19.3. The number of imidazole rings is 1. The SMILES string of the molecule is CCNC(=O)[C@@H]1CCCN1C(=O)[C@H](CCCNC(=N)N)NC(=O)[C@H](CC(C)C)NC(=O)[C@@H](Cc1ccc2ccccc2c1)NC(=O)[C@H](Cc1ccc(O)cc1)NC(=O)[C@H](CO)NC(=O)[C@H](Cc1c[nH]c2ccccc12)NC(=O)[C@H](Cc1c[nH]cn1)NC(=O)[C@@H]1CCC(=O)N1. The molecule has 500 valence electrons. The summed E-state index contributed by atoms with van der Waals surface area (Å²) >= 11 is 0. The Labute approximate surface area is 542 Å². The fourth-order valence-corrected chi connectivity index (χ4v) is 11.6. The van der Waals surface area contributed by atoms with E-state index in [1.807, 2.05) is 56.3 Å². The molecule has 94 heavy (non-hydrogen) atoms. The number of H-pyrrole nitrogens is 2. The number of fused-ring (bicyclic) bond motifs is 2. The maximum atomic E-state index is 15.1. The first-order valence-corrected chi connectivity index (χ1v) is 31.6.